The summed E-state index contributed by atoms with van der Waals surface area (Å²) < 4.78 is 5.34. The fourth-order valence-corrected chi connectivity index (χ4v) is 3.11. The first-order chi connectivity index (χ1) is 13.2. The molecule has 0 bridgehead atoms. The zero-order valence-electron chi connectivity index (χ0n) is 15.6. The van der Waals surface area contributed by atoms with Gasteiger partial charge in [-0.15, -0.1) is 0 Å². The second-order valence-electron chi connectivity index (χ2n) is 6.21. The summed E-state index contributed by atoms with van der Waals surface area (Å²) in [6.07, 6.45) is 10.6. The third-order valence-corrected chi connectivity index (χ3v) is 4.39. The number of aromatic nitrogens is 4. The molecule has 4 rings (SSSR count). The van der Waals surface area contributed by atoms with Crippen LogP contribution in [0, 0.1) is 0 Å². The smallest absolute Gasteiger partial charge is 0.276 e. The molecule has 0 atom stereocenters. The number of nitrogens with one attached hydrogen (secondary N) is 1. The van der Waals surface area contributed by atoms with Crippen molar-refractivity contribution in [3.8, 4) is 11.6 Å². The minimum Gasteiger partial charge on any atom is -0.353 e. The van der Waals surface area contributed by atoms with Crippen molar-refractivity contribution in [2.24, 2.45) is 0 Å². The van der Waals surface area contributed by atoms with Crippen LogP contribution in [0.25, 0.3) is 33.4 Å². The molecule has 27 heavy (non-hydrogen) atoms. The average Bonchev–Trinajstić information content (AvgIpc) is 3.31. The molecule has 0 unspecified atom stereocenters. The topological polar surface area (TPSA) is 70.8 Å². The molecule has 136 valence electrons. The third-order valence-electron chi connectivity index (χ3n) is 4.39. The summed E-state index contributed by atoms with van der Waals surface area (Å²) in [4.78, 5) is 14.4. The first-order valence-corrected chi connectivity index (χ1v) is 9.02. The van der Waals surface area contributed by atoms with Gasteiger partial charge in [0.25, 0.3) is 5.89 Å². The van der Waals surface area contributed by atoms with E-state index in [-0.39, 0.29) is 0 Å². The van der Waals surface area contributed by atoms with Gasteiger partial charge in [0.2, 0.25) is 0 Å². The molecule has 1 aromatic carbocycles. The highest BCUT2D eigenvalue weighted by Crippen LogP contribution is 2.31. The maximum Gasteiger partial charge on any atom is 0.276 e. The van der Waals surface area contributed by atoms with Crippen molar-refractivity contribution in [1.29, 1.82) is 0 Å². The highest BCUT2D eigenvalue weighted by Gasteiger charge is 2.13. The normalized spacial score (nSPS) is 12.1. The molecular formula is C21H21N5O. The second-order valence-corrected chi connectivity index (χ2v) is 6.21. The van der Waals surface area contributed by atoms with E-state index in [0.29, 0.717) is 17.4 Å². The number of aryl methyl sites for hydroxylation is 1. The Morgan fingerprint density at radius 2 is 1.85 bits per heavy atom. The molecule has 0 fully saturated rings. The standard InChI is InChI=1S/C21H21N5O/c1-4-9-26(10-5-2)14-7-8-17-15(11-14)16-12-18(22-13-19(16)23-17)21-24-20(6-3)25-27-21/h4-5,7-13,23H,6H2,1-3H3. The molecule has 0 amide bonds. The maximum absolute atomic E-state index is 5.34. The molecule has 6 heteroatoms. The van der Waals surface area contributed by atoms with Gasteiger partial charge in [-0.2, -0.15) is 4.98 Å². The molecule has 4 aromatic rings. The van der Waals surface area contributed by atoms with E-state index in [2.05, 4.69) is 43.2 Å². The number of hydrogen-bond acceptors (Lipinski definition) is 5. The number of aromatic amines is 1. The van der Waals surface area contributed by atoms with E-state index >= 15 is 0 Å². The molecule has 0 aliphatic heterocycles. The van der Waals surface area contributed by atoms with Crippen LogP contribution in [0.3, 0.4) is 0 Å². The Morgan fingerprint density at radius 1 is 1.07 bits per heavy atom. The molecule has 0 radical (unpaired) electrons. The molecular weight excluding hydrogens is 338 g/mol. The van der Waals surface area contributed by atoms with Gasteiger partial charge in [0.1, 0.15) is 5.69 Å². The quantitative estimate of drug-likeness (QED) is 0.530. The monoisotopic (exact) mass is 359 g/mol. The van der Waals surface area contributed by atoms with Gasteiger partial charge >= 0.3 is 0 Å². The van der Waals surface area contributed by atoms with Gasteiger partial charge in [-0.05, 0) is 38.1 Å². The van der Waals surface area contributed by atoms with E-state index in [1.54, 1.807) is 0 Å². The molecule has 0 aliphatic rings. The lowest BCUT2D eigenvalue weighted by Gasteiger charge is -2.15. The van der Waals surface area contributed by atoms with Gasteiger partial charge in [-0.1, -0.05) is 24.2 Å². The van der Waals surface area contributed by atoms with E-state index in [4.69, 9.17) is 4.52 Å². The number of benzene rings is 1. The van der Waals surface area contributed by atoms with Gasteiger partial charge in [0, 0.05) is 40.8 Å². The van der Waals surface area contributed by atoms with Crippen LogP contribution in [0.4, 0.5) is 5.69 Å². The Kier molecular flexibility index (Phi) is 4.46. The lowest BCUT2D eigenvalue weighted by Crippen LogP contribution is -2.05. The number of fused-ring (bicyclic) bond motifs is 3. The zero-order valence-corrected chi connectivity index (χ0v) is 15.6. The molecule has 6 nitrogen and oxygen atoms in total. The minimum absolute atomic E-state index is 0.448. The lowest BCUT2D eigenvalue weighted by atomic mass is 10.1. The third kappa shape index (κ3) is 3.10. The first kappa shape index (κ1) is 17.0. The van der Waals surface area contributed by atoms with Gasteiger partial charge in [0.05, 0.1) is 11.7 Å². The molecule has 3 heterocycles. The fraction of sp³-hybridized carbons (Fsp3) is 0.190. The van der Waals surface area contributed by atoms with Crippen molar-refractivity contribution in [2.75, 3.05) is 4.90 Å². The number of H-pyrrole nitrogens is 1. The Bertz CT molecular complexity index is 1140. The van der Waals surface area contributed by atoms with E-state index in [1.807, 2.05) is 57.6 Å². The predicted molar refractivity (Wildman–Crippen MR) is 108 cm³/mol. The highest BCUT2D eigenvalue weighted by molar-refractivity contribution is 6.08. The summed E-state index contributed by atoms with van der Waals surface area (Å²) in [6, 6.07) is 8.35. The van der Waals surface area contributed by atoms with Crippen LogP contribution in [0.5, 0.6) is 0 Å². The number of rotatable bonds is 5. The largest absolute Gasteiger partial charge is 0.353 e. The Labute approximate surface area is 157 Å². The van der Waals surface area contributed by atoms with Crippen LogP contribution in [0.15, 0.2) is 59.5 Å². The SMILES string of the molecule is CC=CN(C=CC)c1ccc2[nH]c3cnc(-c4nc(CC)no4)cc3c2c1. The molecule has 1 N–H and O–H groups in total. The maximum atomic E-state index is 5.34. The van der Waals surface area contributed by atoms with Crippen LogP contribution < -0.4 is 4.90 Å². The molecule has 0 saturated heterocycles. The summed E-state index contributed by atoms with van der Waals surface area (Å²) in [5, 5.41) is 6.17. The summed E-state index contributed by atoms with van der Waals surface area (Å²) in [7, 11) is 0. The number of allylic oxidation sites excluding steroid dienone is 2. The van der Waals surface area contributed by atoms with Crippen molar-refractivity contribution < 1.29 is 4.52 Å². The van der Waals surface area contributed by atoms with Crippen LogP contribution in [-0.2, 0) is 6.42 Å². The summed E-state index contributed by atoms with van der Waals surface area (Å²) >= 11 is 0. The Balaban J connectivity index is 1.86. The van der Waals surface area contributed by atoms with Gasteiger partial charge in [-0.25, -0.2) is 4.98 Å². The number of hydrogen-bond donors (Lipinski definition) is 1. The van der Waals surface area contributed by atoms with Crippen LogP contribution in [0.1, 0.15) is 26.6 Å². The summed E-state index contributed by atoms with van der Waals surface area (Å²) in [5.41, 5.74) is 3.81. The average molecular weight is 359 g/mol. The van der Waals surface area contributed by atoms with Crippen LogP contribution in [0.2, 0.25) is 0 Å². The zero-order chi connectivity index (χ0) is 18.8. The van der Waals surface area contributed by atoms with E-state index < -0.39 is 0 Å². The van der Waals surface area contributed by atoms with Gasteiger partial charge in [0.15, 0.2) is 5.82 Å². The molecule has 0 spiro atoms. The Morgan fingerprint density at radius 3 is 2.56 bits per heavy atom. The van der Waals surface area contributed by atoms with Crippen molar-refractivity contribution in [2.45, 2.75) is 27.2 Å². The van der Waals surface area contributed by atoms with Gasteiger partial charge in [-0.3, -0.25) is 0 Å². The number of anilines is 1. The van der Waals surface area contributed by atoms with Crippen molar-refractivity contribution >= 4 is 27.5 Å². The summed E-state index contributed by atoms with van der Waals surface area (Å²) in [6.45, 7) is 6.01. The molecule has 3 aromatic heterocycles. The van der Waals surface area contributed by atoms with Crippen molar-refractivity contribution in [1.82, 2.24) is 20.1 Å². The molecule has 0 aliphatic carbocycles. The van der Waals surface area contributed by atoms with Crippen molar-refractivity contribution in [3.63, 3.8) is 0 Å². The van der Waals surface area contributed by atoms with Crippen LogP contribution >= 0.6 is 0 Å². The fourth-order valence-electron chi connectivity index (χ4n) is 3.11. The summed E-state index contributed by atoms with van der Waals surface area (Å²) in [5.74, 6) is 1.13. The number of pyridine rings is 1. The first-order valence-electron chi connectivity index (χ1n) is 9.02. The Hall–Kier alpha value is -3.41. The highest BCUT2D eigenvalue weighted by atomic mass is 16.5. The predicted octanol–water partition coefficient (Wildman–Crippen LogP) is 5.20. The van der Waals surface area contributed by atoms with Gasteiger partial charge < -0.3 is 14.4 Å². The van der Waals surface area contributed by atoms with E-state index in [0.717, 1.165) is 33.9 Å². The van der Waals surface area contributed by atoms with Crippen LogP contribution in [-0.4, -0.2) is 20.1 Å². The van der Waals surface area contributed by atoms with E-state index in [9.17, 15) is 0 Å². The minimum atomic E-state index is 0.448. The van der Waals surface area contributed by atoms with Crippen molar-refractivity contribution in [3.05, 3.63) is 60.8 Å². The number of nitrogens with zero attached hydrogens (tertiary/aromatic N) is 4. The lowest BCUT2D eigenvalue weighted by molar-refractivity contribution is 0.422. The van der Waals surface area contributed by atoms with E-state index in [1.165, 1.54) is 0 Å². The molecule has 0 saturated carbocycles. The second kappa shape index (κ2) is 7.07.